The van der Waals surface area contributed by atoms with Gasteiger partial charge in [0.2, 0.25) is 0 Å². The highest BCUT2D eigenvalue weighted by molar-refractivity contribution is 5.71. The Morgan fingerprint density at radius 2 is 2.31 bits per heavy atom. The van der Waals surface area contributed by atoms with Gasteiger partial charge in [0, 0.05) is 11.6 Å². The molecule has 16 heavy (non-hydrogen) atoms. The summed E-state index contributed by atoms with van der Waals surface area (Å²) >= 11 is 0. The lowest BCUT2D eigenvalue weighted by Gasteiger charge is -2.17. The van der Waals surface area contributed by atoms with Crippen molar-refractivity contribution in [2.75, 3.05) is 5.73 Å². The molecule has 0 saturated heterocycles. The number of hydrogen-bond acceptors (Lipinski definition) is 3. The second-order valence-electron chi connectivity index (χ2n) is 4.63. The second-order valence-corrected chi connectivity index (χ2v) is 4.63. The van der Waals surface area contributed by atoms with Gasteiger partial charge in [0.05, 0.1) is 11.6 Å². The molecule has 1 heterocycles. The second kappa shape index (κ2) is 3.81. The molecule has 88 valence electrons. The van der Waals surface area contributed by atoms with E-state index in [9.17, 15) is 4.79 Å². The molecule has 1 unspecified atom stereocenters. The normalized spacial score (nSPS) is 19.8. The Bertz CT molecular complexity index is 423. The summed E-state index contributed by atoms with van der Waals surface area (Å²) in [4.78, 5) is 10.9. The number of fused-ring (bicyclic) bond motifs is 1. The number of hydrogen-bond donors (Lipinski definition) is 2. The molecule has 0 spiro atoms. The molecule has 0 fully saturated rings. The summed E-state index contributed by atoms with van der Waals surface area (Å²) in [6, 6.07) is 0.217. The summed E-state index contributed by atoms with van der Waals surface area (Å²) in [5.74, 6) is -0.405. The number of carboxylic acid groups (broad SMARTS) is 1. The summed E-state index contributed by atoms with van der Waals surface area (Å²) < 4.78 is 1.79. The van der Waals surface area contributed by atoms with Gasteiger partial charge in [-0.05, 0) is 33.1 Å². The minimum absolute atomic E-state index is 0.217. The Labute approximate surface area is 94.2 Å². The van der Waals surface area contributed by atoms with Crippen LogP contribution in [0.4, 0.5) is 5.82 Å². The van der Waals surface area contributed by atoms with Crippen LogP contribution in [0.25, 0.3) is 0 Å². The van der Waals surface area contributed by atoms with E-state index < -0.39 is 5.97 Å². The number of nitrogens with zero attached hydrogens (tertiary/aromatic N) is 2. The summed E-state index contributed by atoms with van der Waals surface area (Å²) in [6.45, 7) is 4.03. The number of nitrogens with two attached hydrogens (primary N) is 1. The van der Waals surface area contributed by atoms with Gasteiger partial charge in [0.25, 0.3) is 0 Å². The van der Waals surface area contributed by atoms with Gasteiger partial charge in [-0.15, -0.1) is 0 Å². The van der Waals surface area contributed by atoms with Gasteiger partial charge in [0.15, 0.2) is 0 Å². The van der Waals surface area contributed by atoms with Crippen LogP contribution >= 0.6 is 0 Å². The van der Waals surface area contributed by atoms with Crippen molar-refractivity contribution in [3.05, 3.63) is 11.3 Å². The molecule has 0 saturated carbocycles. The lowest BCUT2D eigenvalue weighted by Crippen LogP contribution is -2.22. The zero-order valence-electron chi connectivity index (χ0n) is 9.60. The fraction of sp³-hybridized carbons (Fsp3) is 0.636. The van der Waals surface area contributed by atoms with E-state index >= 15 is 0 Å². The van der Waals surface area contributed by atoms with Crippen LogP contribution in [0.15, 0.2) is 0 Å². The molecule has 0 bridgehead atoms. The van der Waals surface area contributed by atoms with Gasteiger partial charge in [-0.25, -0.2) is 4.68 Å². The Hall–Kier alpha value is -1.52. The minimum atomic E-state index is -0.734. The first-order valence-electron chi connectivity index (χ1n) is 5.59. The van der Waals surface area contributed by atoms with Crippen molar-refractivity contribution in [3.8, 4) is 0 Å². The summed E-state index contributed by atoms with van der Waals surface area (Å²) in [5.41, 5.74) is 7.91. The number of nitrogen functional groups attached to an aromatic ring is 1. The van der Waals surface area contributed by atoms with Crippen molar-refractivity contribution >= 4 is 11.8 Å². The van der Waals surface area contributed by atoms with Crippen LogP contribution in [0, 0.1) is 5.92 Å². The van der Waals surface area contributed by atoms with E-state index in [4.69, 9.17) is 10.8 Å². The van der Waals surface area contributed by atoms with E-state index in [2.05, 4.69) is 5.10 Å². The first-order chi connectivity index (χ1) is 7.50. The van der Waals surface area contributed by atoms with E-state index in [1.54, 1.807) is 4.68 Å². The van der Waals surface area contributed by atoms with Crippen molar-refractivity contribution < 1.29 is 9.90 Å². The third-order valence-electron chi connectivity index (χ3n) is 3.15. The fourth-order valence-electron chi connectivity index (χ4n) is 2.22. The Kier molecular flexibility index (Phi) is 2.61. The maximum absolute atomic E-state index is 10.9. The Morgan fingerprint density at radius 3 is 2.88 bits per heavy atom. The molecule has 1 aromatic heterocycles. The van der Waals surface area contributed by atoms with E-state index in [1.165, 1.54) is 0 Å². The SMILES string of the molecule is CC(C)n1nc2c(c1N)CC(C(=O)O)CC2. The van der Waals surface area contributed by atoms with Crippen LogP contribution in [0.3, 0.4) is 0 Å². The number of aryl methyl sites for hydroxylation is 1. The first kappa shape index (κ1) is 11.0. The standard InChI is InChI=1S/C11H17N3O2/c1-6(2)14-10(12)8-5-7(11(15)16)3-4-9(8)13-14/h6-7H,3-5,12H2,1-2H3,(H,15,16). The average Bonchev–Trinajstić information content (AvgIpc) is 2.56. The minimum Gasteiger partial charge on any atom is -0.481 e. The molecule has 5 heteroatoms. The molecular weight excluding hydrogens is 206 g/mol. The quantitative estimate of drug-likeness (QED) is 0.790. The van der Waals surface area contributed by atoms with Crippen LogP contribution in [-0.4, -0.2) is 20.9 Å². The lowest BCUT2D eigenvalue weighted by molar-refractivity contribution is -0.142. The van der Waals surface area contributed by atoms with Gasteiger partial charge in [-0.2, -0.15) is 5.10 Å². The summed E-state index contributed by atoms with van der Waals surface area (Å²) in [5, 5.41) is 13.4. The molecule has 3 N–H and O–H groups in total. The van der Waals surface area contributed by atoms with Crippen molar-refractivity contribution in [1.29, 1.82) is 0 Å². The molecule has 1 atom stereocenters. The van der Waals surface area contributed by atoms with E-state index in [1.807, 2.05) is 13.8 Å². The van der Waals surface area contributed by atoms with Crippen molar-refractivity contribution in [1.82, 2.24) is 9.78 Å². The van der Waals surface area contributed by atoms with Crippen molar-refractivity contribution in [3.63, 3.8) is 0 Å². The number of aliphatic carboxylic acids is 1. The predicted octanol–water partition coefficient (Wildman–Crippen LogP) is 1.24. The van der Waals surface area contributed by atoms with Gasteiger partial charge in [0.1, 0.15) is 5.82 Å². The molecule has 1 aromatic rings. The molecule has 0 aliphatic heterocycles. The number of aromatic nitrogens is 2. The third kappa shape index (κ3) is 1.66. The lowest BCUT2D eigenvalue weighted by atomic mass is 9.87. The van der Waals surface area contributed by atoms with Gasteiger partial charge in [-0.1, -0.05) is 0 Å². The highest BCUT2D eigenvalue weighted by Crippen LogP contribution is 2.30. The zero-order valence-corrected chi connectivity index (χ0v) is 9.60. The Morgan fingerprint density at radius 1 is 1.62 bits per heavy atom. The van der Waals surface area contributed by atoms with Gasteiger partial charge < -0.3 is 10.8 Å². The van der Waals surface area contributed by atoms with Crippen molar-refractivity contribution in [2.45, 2.75) is 39.2 Å². The first-order valence-corrected chi connectivity index (χ1v) is 5.59. The molecule has 2 rings (SSSR count). The molecule has 1 aliphatic carbocycles. The molecule has 1 aliphatic rings. The van der Waals surface area contributed by atoms with Crippen molar-refractivity contribution in [2.24, 2.45) is 5.92 Å². The molecular formula is C11H17N3O2. The van der Waals surface area contributed by atoms with Crippen LogP contribution in [0.1, 0.15) is 37.6 Å². The third-order valence-corrected chi connectivity index (χ3v) is 3.15. The van der Waals surface area contributed by atoms with Crippen LogP contribution in [0.2, 0.25) is 0 Å². The van der Waals surface area contributed by atoms with Crippen LogP contribution in [0.5, 0.6) is 0 Å². The topological polar surface area (TPSA) is 81.1 Å². The van der Waals surface area contributed by atoms with E-state index in [0.717, 1.165) is 17.7 Å². The average molecular weight is 223 g/mol. The number of carbonyl (C=O) groups is 1. The van der Waals surface area contributed by atoms with Crippen LogP contribution < -0.4 is 5.73 Å². The van der Waals surface area contributed by atoms with E-state index in [-0.39, 0.29) is 12.0 Å². The summed E-state index contributed by atoms with van der Waals surface area (Å²) in [6.07, 6.45) is 1.90. The highest BCUT2D eigenvalue weighted by atomic mass is 16.4. The number of carboxylic acids is 1. The van der Waals surface area contributed by atoms with Crippen LogP contribution in [-0.2, 0) is 17.6 Å². The fourth-order valence-corrected chi connectivity index (χ4v) is 2.22. The molecule has 0 radical (unpaired) electrons. The monoisotopic (exact) mass is 223 g/mol. The predicted molar refractivity (Wildman–Crippen MR) is 60.2 cm³/mol. The smallest absolute Gasteiger partial charge is 0.306 e. The maximum Gasteiger partial charge on any atom is 0.306 e. The zero-order chi connectivity index (χ0) is 11.9. The Balaban J connectivity index is 2.34. The number of anilines is 1. The maximum atomic E-state index is 10.9. The molecule has 0 amide bonds. The molecule has 5 nitrogen and oxygen atoms in total. The molecule has 0 aromatic carbocycles. The largest absolute Gasteiger partial charge is 0.481 e. The summed E-state index contributed by atoms with van der Waals surface area (Å²) in [7, 11) is 0. The highest BCUT2D eigenvalue weighted by Gasteiger charge is 2.29. The van der Waals surface area contributed by atoms with Gasteiger partial charge >= 0.3 is 5.97 Å². The van der Waals surface area contributed by atoms with Gasteiger partial charge in [-0.3, -0.25) is 4.79 Å². The number of rotatable bonds is 2. The van der Waals surface area contributed by atoms with E-state index in [0.29, 0.717) is 18.7 Å².